The fraction of sp³-hybridized carbons (Fsp3) is 0.556. The maximum atomic E-state index is 5.62. The Morgan fingerprint density at radius 1 is 1.00 bits per heavy atom. The minimum Gasteiger partial charge on any atom is -0.347 e. The molecule has 0 spiro atoms. The quantitative estimate of drug-likeness (QED) is 0.669. The number of hydrogen-bond acceptors (Lipinski definition) is 1. The second kappa shape index (κ2) is 8.11. The van der Waals surface area contributed by atoms with Crippen molar-refractivity contribution in [3.8, 4) is 0 Å². The van der Waals surface area contributed by atoms with Gasteiger partial charge in [-0.25, -0.2) is 0 Å². The van der Waals surface area contributed by atoms with Gasteiger partial charge in [0.2, 0.25) is 0 Å². The molecule has 0 aliphatic heterocycles. The molecule has 0 unspecified atom stereocenters. The molecule has 0 saturated heterocycles. The van der Waals surface area contributed by atoms with Gasteiger partial charge in [-0.2, -0.15) is 0 Å². The van der Waals surface area contributed by atoms with Crippen molar-refractivity contribution in [2.75, 3.05) is 6.54 Å². The Balaban J connectivity index is 1.87. The van der Waals surface area contributed by atoms with Crippen LogP contribution in [-0.4, -0.2) is 11.1 Å². The predicted molar refractivity (Wildman–Crippen MR) is 88.1 cm³/mol. The van der Waals surface area contributed by atoms with E-state index in [-0.39, 0.29) is 0 Å². The molecule has 1 aromatic carbocycles. The lowest BCUT2D eigenvalue weighted by molar-refractivity contribution is 0.565. The van der Waals surface area contributed by atoms with E-state index in [1.54, 1.807) is 0 Å². The van der Waals surface area contributed by atoms with Gasteiger partial charge >= 0.3 is 0 Å². The van der Waals surface area contributed by atoms with Crippen molar-refractivity contribution in [1.82, 2.24) is 4.57 Å². The maximum Gasteiger partial charge on any atom is 0.0480 e. The van der Waals surface area contributed by atoms with Crippen molar-refractivity contribution in [1.29, 1.82) is 0 Å². The summed E-state index contributed by atoms with van der Waals surface area (Å²) >= 11 is 0. The molecular weight excluding hydrogens is 244 g/mol. The highest BCUT2D eigenvalue weighted by Gasteiger charge is 2.02. The van der Waals surface area contributed by atoms with E-state index >= 15 is 0 Å². The number of rotatable bonds is 9. The molecule has 20 heavy (non-hydrogen) atoms. The molecule has 2 aromatic rings. The van der Waals surface area contributed by atoms with E-state index < -0.39 is 0 Å². The standard InChI is InChI=1S/C18H28N2/c1-2-3-4-5-6-7-13-20-14-11-17-15-16(10-12-19)8-9-18(17)20/h8-9,11,14-15H,2-7,10,12-13,19H2,1H3. The Bertz CT molecular complexity index is 513. The summed E-state index contributed by atoms with van der Waals surface area (Å²) in [6.45, 7) is 4.14. The number of nitrogens with two attached hydrogens (primary N) is 1. The summed E-state index contributed by atoms with van der Waals surface area (Å²) in [4.78, 5) is 0. The summed E-state index contributed by atoms with van der Waals surface area (Å²) in [7, 11) is 0. The van der Waals surface area contributed by atoms with Gasteiger partial charge in [0.25, 0.3) is 0 Å². The monoisotopic (exact) mass is 272 g/mol. The second-order valence-electron chi connectivity index (χ2n) is 5.71. The van der Waals surface area contributed by atoms with Gasteiger partial charge in [0.15, 0.2) is 0 Å². The highest BCUT2D eigenvalue weighted by Crippen LogP contribution is 2.19. The number of nitrogens with zero attached hydrogens (tertiary/aromatic N) is 1. The molecule has 0 fully saturated rings. The first-order valence-electron chi connectivity index (χ1n) is 8.13. The Morgan fingerprint density at radius 2 is 1.80 bits per heavy atom. The average Bonchev–Trinajstić information content (AvgIpc) is 2.86. The number of aryl methyl sites for hydroxylation is 1. The van der Waals surface area contributed by atoms with Crippen LogP contribution in [0.15, 0.2) is 30.5 Å². The molecule has 2 heteroatoms. The first kappa shape index (κ1) is 15.1. The van der Waals surface area contributed by atoms with Gasteiger partial charge in [-0.1, -0.05) is 45.1 Å². The molecule has 110 valence electrons. The minimum atomic E-state index is 0.726. The maximum absolute atomic E-state index is 5.62. The van der Waals surface area contributed by atoms with Gasteiger partial charge in [-0.05, 0) is 48.5 Å². The van der Waals surface area contributed by atoms with E-state index in [0.717, 1.165) is 19.5 Å². The average molecular weight is 272 g/mol. The number of aromatic nitrogens is 1. The van der Waals surface area contributed by atoms with E-state index in [2.05, 4.69) is 42.0 Å². The zero-order valence-corrected chi connectivity index (χ0v) is 12.8. The summed E-state index contributed by atoms with van der Waals surface area (Å²) in [6.07, 6.45) is 11.3. The number of benzene rings is 1. The third kappa shape index (κ3) is 4.11. The highest BCUT2D eigenvalue weighted by molar-refractivity contribution is 5.80. The summed E-state index contributed by atoms with van der Waals surface area (Å²) in [5.41, 5.74) is 8.33. The van der Waals surface area contributed by atoms with Gasteiger partial charge in [0.05, 0.1) is 0 Å². The van der Waals surface area contributed by atoms with Gasteiger partial charge in [0.1, 0.15) is 0 Å². The van der Waals surface area contributed by atoms with Crippen LogP contribution >= 0.6 is 0 Å². The van der Waals surface area contributed by atoms with Crippen molar-refractivity contribution < 1.29 is 0 Å². The van der Waals surface area contributed by atoms with Crippen LogP contribution in [0.3, 0.4) is 0 Å². The summed E-state index contributed by atoms with van der Waals surface area (Å²) < 4.78 is 2.39. The van der Waals surface area contributed by atoms with E-state index in [0.29, 0.717) is 0 Å². The molecule has 0 bridgehead atoms. The molecule has 0 amide bonds. The van der Waals surface area contributed by atoms with Crippen LogP contribution in [0.1, 0.15) is 51.0 Å². The molecule has 0 saturated carbocycles. The lowest BCUT2D eigenvalue weighted by Gasteiger charge is -2.06. The van der Waals surface area contributed by atoms with E-state index in [1.165, 1.54) is 55.0 Å². The Hall–Kier alpha value is -1.28. The zero-order chi connectivity index (χ0) is 14.2. The van der Waals surface area contributed by atoms with Crippen LogP contribution in [0.5, 0.6) is 0 Å². The molecule has 0 radical (unpaired) electrons. The van der Waals surface area contributed by atoms with Crippen molar-refractivity contribution in [2.24, 2.45) is 5.73 Å². The van der Waals surface area contributed by atoms with Crippen molar-refractivity contribution >= 4 is 10.9 Å². The van der Waals surface area contributed by atoms with Crippen molar-refractivity contribution in [2.45, 2.75) is 58.4 Å². The molecule has 0 aliphatic carbocycles. The number of fused-ring (bicyclic) bond motifs is 1. The topological polar surface area (TPSA) is 30.9 Å². The molecule has 2 rings (SSSR count). The molecular formula is C18H28N2. The lowest BCUT2D eigenvalue weighted by atomic mass is 10.1. The van der Waals surface area contributed by atoms with Gasteiger partial charge in [-0.3, -0.25) is 0 Å². The fourth-order valence-corrected chi connectivity index (χ4v) is 2.83. The van der Waals surface area contributed by atoms with Crippen LogP contribution in [0.25, 0.3) is 10.9 Å². The largest absolute Gasteiger partial charge is 0.347 e. The molecule has 2 nitrogen and oxygen atoms in total. The highest BCUT2D eigenvalue weighted by atomic mass is 14.9. The fourth-order valence-electron chi connectivity index (χ4n) is 2.83. The molecule has 0 aliphatic rings. The molecule has 1 aromatic heterocycles. The first-order chi connectivity index (χ1) is 9.85. The van der Waals surface area contributed by atoms with Crippen LogP contribution < -0.4 is 5.73 Å². The third-order valence-corrected chi connectivity index (χ3v) is 4.02. The van der Waals surface area contributed by atoms with E-state index in [9.17, 15) is 0 Å². The second-order valence-corrected chi connectivity index (χ2v) is 5.71. The van der Waals surface area contributed by atoms with Crippen LogP contribution in [-0.2, 0) is 13.0 Å². The molecule has 0 atom stereocenters. The van der Waals surface area contributed by atoms with E-state index in [4.69, 9.17) is 5.73 Å². The van der Waals surface area contributed by atoms with Gasteiger partial charge in [-0.15, -0.1) is 0 Å². The summed E-state index contributed by atoms with van der Waals surface area (Å²) in [5, 5.41) is 1.35. The van der Waals surface area contributed by atoms with E-state index in [1.807, 2.05) is 0 Å². The lowest BCUT2D eigenvalue weighted by Crippen LogP contribution is -2.02. The summed E-state index contributed by atoms with van der Waals surface area (Å²) in [5.74, 6) is 0. The van der Waals surface area contributed by atoms with Crippen molar-refractivity contribution in [3.63, 3.8) is 0 Å². The Morgan fingerprint density at radius 3 is 2.60 bits per heavy atom. The van der Waals surface area contributed by atoms with Crippen LogP contribution in [0.2, 0.25) is 0 Å². The minimum absolute atomic E-state index is 0.726. The summed E-state index contributed by atoms with van der Waals surface area (Å²) in [6, 6.07) is 8.97. The van der Waals surface area contributed by atoms with Crippen LogP contribution in [0, 0.1) is 0 Å². The molecule has 1 heterocycles. The SMILES string of the molecule is CCCCCCCCn1ccc2cc(CCN)ccc21. The van der Waals surface area contributed by atoms with Gasteiger partial charge in [0, 0.05) is 18.3 Å². The first-order valence-corrected chi connectivity index (χ1v) is 8.13. The normalized spacial score (nSPS) is 11.3. The Labute approximate surface area is 123 Å². The number of hydrogen-bond donors (Lipinski definition) is 1. The Kier molecular flexibility index (Phi) is 6.13. The van der Waals surface area contributed by atoms with Crippen molar-refractivity contribution in [3.05, 3.63) is 36.0 Å². The van der Waals surface area contributed by atoms with Crippen LogP contribution in [0.4, 0.5) is 0 Å². The zero-order valence-electron chi connectivity index (χ0n) is 12.8. The van der Waals surface area contributed by atoms with Gasteiger partial charge < -0.3 is 10.3 Å². The number of unbranched alkanes of at least 4 members (excludes halogenated alkanes) is 5. The third-order valence-electron chi connectivity index (χ3n) is 4.02. The molecule has 2 N–H and O–H groups in total. The predicted octanol–water partition coefficient (Wildman–Crippen LogP) is 4.50. The smallest absolute Gasteiger partial charge is 0.0480 e.